The predicted molar refractivity (Wildman–Crippen MR) is 99.0 cm³/mol. The predicted octanol–water partition coefficient (Wildman–Crippen LogP) is 3.03. The lowest BCUT2D eigenvalue weighted by Crippen LogP contribution is -2.31. The van der Waals surface area contributed by atoms with Crippen LogP contribution in [0.25, 0.3) is 0 Å². The SMILES string of the molecule is Cc1ccc(C(NC(=O)CC2CCS(=O)(=O)C2)c2ccccc2)cc1. The second kappa shape index (κ2) is 7.40. The van der Waals surface area contributed by atoms with E-state index in [9.17, 15) is 13.2 Å². The highest BCUT2D eigenvalue weighted by Gasteiger charge is 2.30. The third kappa shape index (κ3) is 4.69. The average Bonchev–Trinajstić information content (AvgIpc) is 2.93. The lowest BCUT2D eigenvalue weighted by Gasteiger charge is -2.21. The van der Waals surface area contributed by atoms with E-state index >= 15 is 0 Å². The Morgan fingerprint density at radius 3 is 2.32 bits per heavy atom. The van der Waals surface area contributed by atoms with Crippen LogP contribution in [0.15, 0.2) is 54.6 Å². The molecule has 0 aromatic heterocycles. The van der Waals surface area contributed by atoms with Gasteiger partial charge < -0.3 is 5.32 Å². The highest BCUT2D eigenvalue weighted by atomic mass is 32.2. The third-order valence-electron chi connectivity index (χ3n) is 4.65. The van der Waals surface area contributed by atoms with Gasteiger partial charge >= 0.3 is 0 Å². The summed E-state index contributed by atoms with van der Waals surface area (Å²) in [4.78, 5) is 12.5. The summed E-state index contributed by atoms with van der Waals surface area (Å²) in [5, 5.41) is 3.09. The number of amides is 1. The Labute approximate surface area is 149 Å². The zero-order valence-corrected chi connectivity index (χ0v) is 15.1. The van der Waals surface area contributed by atoms with Crippen molar-refractivity contribution in [3.05, 3.63) is 71.3 Å². The number of hydrogen-bond acceptors (Lipinski definition) is 3. The minimum Gasteiger partial charge on any atom is -0.345 e. The summed E-state index contributed by atoms with van der Waals surface area (Å²) < 4.78 is 23.2. The van der Waals surface area contributed by atoms with Gasteiger partial charge in [0.25, 0.3) is 0 Å². The molecule has 1 heterocycles. The van der Waals surface area contributed by atoms with Crippen molar-refractivity contribution >= 4 is 15.7 Å². The van der Waals surface area contributed by atoms with Gasteiger partial charge in [-0.2, -0.15) is 0 Å². The van der Waals surface area contributed by atoms with Crippen molar-refractivity contribution in [2.24, 2.45) is 5.92 Å². The number of aryl methyl sites for hydroxylation is 1. The van der Waals surface area contributed by atoms with Crippen molar-refractivity contribution in [2.75, 3.05) is 11.5 Å². The molecule has 2 aromatic carbocycles. The van der Waals surface area contributed by atoms with Crippen LogP contribution in [-0.4, -0.2) is 25.8 Å². The van der Waals surface area contributed by atoms with Crippen molar-refractivity contribution in [1.29, 1.82) is 0 Å². The van der Waals surface area contributed by atoms with Crippen molar-refractivity contribution < 1.29 is 13.2 Å². The molecule has 25 heavy (non-hydrogen) atoms. The molecule has 0 radical (unpaired) electrons. The molecule has 1 aliphatic rings. The fraction of sp³-hybridized carbons (Fsp3) is 0.350. The number of benzene rings is 2. The van der Waals surface area contributed by atoms with E-state index in [4.69, 9.17) is 0 Å². The summed E-state index contributed by atoms with van der Waals surface area (Å²) in [6.07, 6.45) is 0.838. The second-order valence-electron chi connectivity index (χ2n) is 6.80. The minimum atomic E-state index is -2.96. The van der Waals surface area contributed by atoms with E-state index in [1.54, 1.807) is 0 Å². The third-order valence-corrected chi connectivity index (χ3v) is 6.49. The van der Waals surface area contributed by atoms with Crippen LogP contribution in [0.1, 0.15) is 35.6 Å². The van der Waals surface area contributed by atoms with E-state index in [0.717, 1.165) is 16.7 Å². The number of sulfone groups is 1. The Hall–Kier alpha value is -2.14. The molecule has 3 rings (SSSR count). The molecule has 1 saturated heterocycles. The summed E-state index contributed by atoms with van der Waals surface area (Å²) in [7, 11) is -2.96. The molecule has 2 atom stereocenters. The first-order chi connectivity index (χ1) is 11.9. The fourth-order valence-corrected chi connectivity index (χ4v) is 5.14. The molecule has 1 aliphatic heterocycles. The van der Waals surface area contributed by atoms with Crippen LogP contribution in [0.5, 0.6) is 0 Å². The van der Waals surface area contributed by atoms with E-state index < -0.39 is 9.84 Å². The normalized spacial score (nSPS) is 20.1. The average molecular weight is 357 g/mol. The van der Waals surface area contributed by atoms with Crippen molar-refractivity contribution in [3.8, 4) is 0 Å². The molecule has 132 valence electrons. The monoisotopic (exact) mass is 357 g/mol. The number of rotatable bonds is 5. The summed E-state index contributed by atoms with van der Waals surface area (Å²) in [6.45, 7) is 2.03. The first kappa shape index (κ1) is 17.7. The second-order valence-corrected chi connectivity index (χ2v) is 9.02. The van der Waals surface area contributed by atoms with Crippen LogP contribution >= 0.6 is 0 Å². The van der Waals surface area contributed by atoms with Gasteiger partial charge in [-0.1, -0.05) is 60.2 Å². The zero-order chi connectivity index (χ0) is 17.9. The lowest BCUT2D eigenvalue weighted by molar-refractivity contribution is -0.122. The maximum atomic E-state index is 12.5. The molecule has 0 aliphatic carbocycles. The van der Waals surface area contributed by atoms with Crippen molar-refractivity contribution in [2.45, 2.75) is 25.8 Å². The topological polar surface area (TPSA) is 63.2 Å². The molecule has 4 nitrogen and oxygen atoms in total. The van der Waals surface area contributed by atoms with Gasteiger partial charge in [-0.15, -0.1) is 0 Å². The number of nitrogens with one attached hydrogen (secondary N) is 1. The smallest absolute Gasteiger partial charge is 0.221 e. The zero-order valence-electron chi connectivity index (χ0n) is 14.3. The molecule has 1 amide bonds. The number of hydrogen-bond donors (Lipinski definition) is 1. The number of carbonyl (C=O) groups is 1. The van der Waals surface area contributed by atoms with Gasteiger partial charge in [0, 0.05) is 6.42 Å². The Morgan fingerprint density at radius 1 is 1.08 bits per heavy atom. The molecule has 2 unspecified atom stereocenters. The molecule has 0 saturated carbocycles. The number of carbonyl (C=O) groups excluding carboxylic acids is 1. The highest BCUT2D eigenvalue weighted by Crippen LogP contribution is 2.25. The van der Waals surface area contributed by atoms with Gasteiger partial charge in [0.1, 0.15) is 0 Å². The van der Waals surface area contributed by atoms with E-state index in [2.05, 4.69) is 5.32 Å². The molecule has 1 fully saturated rings. The van der Waals surface area contributed by atoms with Crippen LogP contribution in [0.3, 0.4) is 0 Å². The molecular formula is C20H23NO3S. The van der Waals surface area contributed by atoms with Crippen LogP contribution in [0.2, 0.25) is 0 Å². The van der Waals surface area contributed by atoms with Gasteiger partial charge in [-0.05, 0) is 30.4 Å². The highest BCUT2D eigenvalue weighted by molar-refractivity contribution is 7.91. The Balaban J connectivity index is 1.76. The van der Waals surface area contributed by atoms with Gasteiger partial charge in [-0.25, -0.2) is 8.42 Å². The lowest BCUT2D eigenvalue weighted by atomic mass is 9.97. The van der Waals surface area contributed by atoms with Crippen LogP contribution < -0.4 is 5.32 Å². The first-order valence-corrected chi connectivity index (χ1v) is 10.4. The Kier molecular flexibility index (Phi) is 5.23. The molecular weight excluding hydrogens is 334 g/mol. The van der Waals surface area contributed by atoms with Crippen LogP contribution in [0.4, 0.5) is 0 Å². The standard InChI is InChI=1S/C20H23NO3S/c1-15-7-9-18(10-8-15)20(17-5-3-2-4-6-17)21-19(22)13-16-11-12-25(23,24)14-16/h2-10,16,20H,11-14H2,1H3,(H,21,22). The molecule has 1 N–H and O–H groups in total. The maximum Gasteiger partial charge on any atom is 0.221 e. The van der Waals surface area contributed by atoms with E-state index in [1.165, 1.54) is 0 Å². The van der Waals surface area contributed by atoms with Crippen molar-refractivity contribution in [1.82, 2.24) is 5.32 Å². The molecule has 5 heteroatoms. The Bertz CT molecular complexity index is 829. The summed E-state index contributed by atoms with van der Waals surface area (Å²) in [5.74, 6) is 0.155. The van der Waals surface area contributed by atoms with Crippen LogP contribution in [-0.2, 0) is 14.6 Å². The van der Waals surface area contributed by atoms with Gasteiger partial charge in [0.05, 0.1) is 17.5 Å². The molecule has 2 aromatic rings. The van der Waals surface area contributed by atoms with E-state index in [-0.39, 0.29) is 35.8 Å². The van der Waals surface area contributed by atoms with E-state index in [0.29, 0.717) is 6.42 Å². The summed E-state index contributed by atoms with van der Waals surface area (Å²) in [5.41, 5.74) is 3.20. The molecule has 0 bridgehead atoms. The minimum absolute atomic E-state index is 0.0700. The fourth-order valence-electron chi connectivity index (χ4n) is 3.28. The van der Waals surface area contributed by atoms with Gasteiger partial charge in [0.15, 0.2) is 9.84 Å². The van der Waals surface area contributed by atoms with Gasteiger partial charge in [-0.3, -0.25) is 4.79 Å². The first-order valence-electron chi connectivity index (χ1n) is 8.54. The van der Waals surface area contributed by atoms with Crippen molar-refractivity contribution in [3.63, 3.8) is 0 Å². The summed E-state index contributed by atoms with van der Waals surface area (Å²) in [6, 6.07) is 17.7. The largest absolute Gasteiger partial charge is 0.345 e. The summed E-state index contributed by atoms with van der Waals surface area (Å²) >= 11 is 0. The van der Waals surface area contributed by atoms with Crippen LogP contribution in [0, 0.1) is 12.8 Å². The van der Waals surface area contributed by atoms with Gasteiger partial charge in [0.2, 0.25) is 5.91 Å². The molecule has 0 spiro atoms. The van der Waals surface area contributed by atoms with E-state index in [1.807, 2.05) is 61.5 Å². The quantitative estimate of drug-likeness (QED) is 0.895. The maximum absolute atomic E-state index is 12.5. The Morgan fingerprint density at radius 2 is 1.72 bits per heavy atom.